The molecule has 0 radical (unpaired) electrons. The molecule has 0 aliphatic rings. The highest BCUT2D eigenvalue weighted by Crippen LogP contribution is 2.38. The molecule has 98 valence electrons. The topological polar surface area (TPSA) is 26.0 Å². The largest absolute Gasteiger partial charge is 0.326 e. The van der Waals surface area contributed by atoms with E-state index < -0.39 is 0 Å². The average Bonchev–Trinajstić information content (AvgIpc) is 2.64. The van der Waals surface area contributed by atoms with Gasteiger partial charge in [0.25, 0.3) is 0 Å². The van der Waals surface area contributed by atoms with E-state index in [2.05, 4.69) is 52.8 Å². The van der Waals surface area contributed by atoms with Gasteiger partial charge in [-0.1, -0.05) is 40.7 Å². The minimum Gasteiger partial charge on any atom is -0.326 e. The molecule has 2 heteroatoms. The van der Waals surface area contributed by atoms with Crippen LogP contribution in [0.5, 0.6) is 0 Å². The lowest BCUT2D eigenvalue weighted by Gasteiger charge is -2.19. The average molecular weight is 261 g/mol. The number of benzene rings is 1. The van der Waals surface area contributed by atoms with Crippen LogP contribution in [0.25, 0.3) is 10.1 Å². The van der Waals surface area contributed by atoms with Crippen molar-refractivity contribution in [2.45, 2.75) is 52.5 Å². The third-order valence-electron chi connectivity index (χ3n) is 3.43. The molecule has 0 aliphatic heterocycles. The number of hydrogen-bond donors (Lipinski definition) is 1. The molecule has 0 atom stereocenters. The summed E-state index contributed by atoms with van der Waals surface area (Å²) < 4.78 is 1.37. The highest BCUT2D eigenvalue weighted by atomic mass is 32.1. The summed E-state index contributed by atoms with van der Waals surface area (Å²) in [5, 5.41) is 1.41. The van der Waals surface area contributed by atoms with Gasteiger partial charge >= 0.3 is 0 Å². The summed E-state index contributed by atoms with van der Waals surface area (Å²) in [4.78, 5) is 1.34. The van der Waals surface area contributed by atoms with E-state index in [0.29, 0.717) is 12.5 Å². The second-order valence-corrected chi connectivity index (χ2v) is 7.40. The fraction of sp³-hybridized carbons (Fsp3) is 0.500. The highest BCUT2D eigenvalue weighted by Gasteiger charge is 2.18. The Morgan fingerprint density at radius 2 is 1.89 bits per heavy atom. The monoisotopic (exact) mass is 261 g/mol. The van der Waals surface area contributed by atoms with Crippen LogP contribution in [-0.4, -0.2) is 0 Å². The number of fused-ring (bicyclic) bond motifs is 1. The van der Waals surface area contributed by atoms with E-state index in [4.69, 9.17) is 5.73 Å². The molecule has 1 nitrogen and oxygen atoms in total. The van der Waals surface area contributed by atoms with Crippen LogP contribution in [0, 0.1) is 0 Å². The Labute approximate surface area is 114 Å². The van der Waals surface area contributed by atoms with Crippen molar-refractivity contribution in [2.24, 2.45) is 5.73 Å². The van der Waals surface area contributed by atoms with Crippen molar-refractivity contribution < 1.29 is 0 Å². The van der Waals surface area contributed by atoms with Gasteiger partial charge in [-0.15, -0.1) is 11.3 Å². The van der Waals surface area contributed by atoms with Crippen LogP contribution < -0.4 is 5.73 Å². The number of rotatable bonds is 2. The zero-order chi connectivity index (χ0) is 13.5. The minimum atomic E-state index is 0.202. The van der Waals surface area contributed by atoms with E-state index in [9.17, 15) is 0 Å². The van der Waals surface area contributed by atoms with E-state index in [1.807, 2.05) is 11.3 Å². The zero-order valence-electron chi connectivity index (χ0n) is 12.0. The fourth-order valence-corrected chi connectivity index (χ4v) is 3.64. The van der Waals surface area contributed by atoms with Gasteiger partial charge in [-0.3, -0.25) is 0 Å². The first-order chi connectivity index (χ1) is 8.34. The maximum atomic E-state index is 5.89. The first kappa shape index (κ1) is 13.6. The van der Waals surface area contributed by atoms with Gasteiger partial charge in [0.05, 0.1) is 0 Å². The molecule has 18 heavy (non-hydrogen) atoms. The van der Waals surface area contributed by atoms with Crippen LogP contribution in [0.1, 0.15) is 56.5 Å². The number of nitrogens with two attached hydrogens (primary N) is 1. The molecule has 0 aliphatic carbocycles. The summed E-state index contributed by atoms with van der Waals surface area (Å²) in [6.45, 7) is 11.9. The standard InChI is InChI=1S/C16H23NS/c1-10(2)15-12-8-11(16(3,4)5)6-7-13(12)18-14(15)9-17/h6-8,10H,9,17H2,1-5H3. The van der Waals surface area contributed by atoms with Gasteiger partial charge in [0.2, 0.25) is 0 Å². The van der Waals surface area contributed by atoms with E-state index in [-0.39, 0.29) is 5.41 Å². The Morgan fingerprint density at radius 1 is 1.22 bits per heavy atom. The predicted molar refractivity (Wildman–Crippen MR) is 82.5 cm³/mol. The van der Waals surface area contributed by atoms with Crippen LogP contribution in [0.3, 0.4) is 0 Å². The zero-order valence-corrected chi connectivity index (χ0v) is 12.8. The summed E-state index contributed by atoms with van der Waals surface area (Å²) in [5.74, 6) is 0.535. The van der Waals surface area contributed by atoms with Crippen molar-refractivity contribution >= 4 is 21.4 Å². The van der Waals surface area contributed by atoms with Crippen molar-refractivity contribution in [1.82, 2.24) is 0 Å². The van der Waals surface area contributed by atoms with E-state index in [1.165, 1.54) is 26.1 Å². The maximum absolute atomic E-state index is 5.89. The van der Waals surface area contributed by atoms with Gasteiger partial charge in [0.1, 0.15) is 0 Å². The Bertz CT molecular complexity index is 558. The molecular weight excluding hydrogens is 238 g/mol. The van der Waals surface area contributed by atoms with Gasteiger partial charge < -0.3 is 5.73 Å². The summed E-state index contributed by atoms with van der Waals surface area (Å²) in [7, 11) is 0. The lowest BCUT2D eigenvalue weighted by Crippen LogP contribution is -2.10. The van der Waals surface area contributed by atoms with Crippen molar-refractivity contribution in [1.29, 1.82) is 0 Å². The van der Waals surface area contributed by atoms with Gasteiger partial charge in [0.15, 0.2) is 0 Å². The Morgan fingerprint density at radius 3 is 2.39 bits per heavy atom. The maximum Gasteiger partial charge on any atom is 0.0349 e. The van der Waals surface area contributed by atoms with Crippen LogP contribution in [0.4, 0.5) is 0 Å². The highest BCUT2D eigenvalue weighted by molar-refractivity contribution is 7.19. The van der Waals surface area contributed by atoms with Crippen molar-refractivity contribution in [3.05, 3.63) is 34.2 Å². The van der Waals surface area contributed by atoms with Gasteiger partial charge in [-0.2, -0.15) is 0 Å². The van der Waals surface area contributed by atoms with E-state index >= 15 is 0 Å². The normalized spacial score (nSPS) is 12.6. The molecule has 0 bridgehead atoms. The van der Waals surface area contributed by atoms with Gasteiger partial charge in [-0.05, 0) is 40.0 Å². The lowest BCUT2D eigenvalue weighted by atomic mass is 9.85. The van der Waals surface area contributed by atoms with Crippen LogP contribution in [0.15, 0.2) is 18.2 Å². The molecule has 0 fully saturated rings. The van der Waals surface area contributed by atoms with Gasteiger partial charge in [0, 0.05) is 16.1 Å². The molecule has 1 heterocycles. The van der Waals surface area contributed by atoms with Gasteiger partial charge in [-0.25, -0.2) is 0 Å². The first-order valence-electron chi connectivity index (χ1n) is 6.60. The molecule has 2 N–H and O–H groups in total. The number of thiophene rings is 1. The Balaban J connectivity index is 2.71. The molecule has 1 aromatic heterocycles. The molecule has 0 saturated carbocycles. The van der Waals surface area contributed by atoms with Crippen LogP contribution in [0.2, 0.25) is 0 Å². The molecule has 1 aromatic carbocycles. The summed E-state index contributed by atoms with van der Waals surface area (Å²) >= 11 is 1.85. The lowest BCUT2D eigenvalue weighted by molar-refractivity contribution is 0.591. The molecule has 0 spiro atoms. The van der Waals surface area contributed by atoms with Crippen molar-refractivity contribution in [3.8, 4) is 0 Å². The second kappa shape index (κ2) is 4.67. The summed E-state index contributed by atoms with van der Waals surface area (Å²) in [5.41, 5.74) is 8.94. The third-order valence-corrected chi connectivity index (χ3v) is 4.64. The minimum absolute atomic E-state index is 0.202. The summed E-state index contributed by atoms with van der Waals surface area (Å²) in [6, 6.07) is 6.87. The second-order valence-electron chi connectivity index (χ2n) is 6.26. The molecule has 0 unspecified atom stereocenters. The molecule has 2 rings (SSSR count). The fourth-order valence-electron chi connectivity index (χ4n) is 2.42. The molecule has 0 amide bonds. The van der Waals surface area contributed by atoms with E-state index in [0.717, 1.165) is 0 Å². The van der Waals surface area contributed by atoms with Crippen LogP contribution >= 0.6 is 11.3 Å². The predicted octanol–water partition coefficient (Wildman–Crippen LogP) is 4.78. The van der Waals surface area contributed by atoms with Crippen molar-refractivity contribution in [3.63, 3.8) is 0 Å². The molecule has 0 saturated heterocycles. The SMILES string of the molecule is CC(C)c1c(CN)sc2ccc(C(C)(C)C)cc12. The first-order valence-corrected chi connectivity index (χ1v) is 7.42. The smallest absolute Gasteiger partial charge is 0.0349 e. The van der Waals surface area contributed by atoms with Crippen molar-refractivity contribution in [2.75, 3.05) is 0 Å². The summed E-state index contributed by atoms with van der Waals surface area (Å²) in [6.07, 6.45) is 0. The third kappa shape index (κ3) is 2.32. The van der Waals surface area contributed by atoms with E-state index in [1.54, 1.807) is 0 Å². The van der Waals surface area contributed by atoms with Crippen LogP contribution in [-0.2, 0) is 12.0 Å². The molecular formula is C16H23NS. The molecule has 2 aromatic rings. The quantitative estimate of drug-likeness (QED) is 0.827. The Hall–Kier alpha value is -0.860. The number of hydrogen-bond acceptors (Lipinski definition) is 2. The Kier molecular flexibility index (Phi) is 3.52.